The third-order valence-corrected chi connectivity index (χ3v) is 4.21. The summed E-state index contributed by atoms with van der Waals surface area (Å²) in [6, 6.07) is 8.68. The molecule has 0 aliphatic rings. The first kappa shape index (κ1) is 12.2. The van der Waals surface area contributed by atoms with Crippen LogP contribution in [0.4, 0.5) is 5.95 Å². The van der Waals surface area contributed by atoms with Crippen molar-refractivity contribution in [1.29, 1.82) is 0 Å². The number of hydrogen-bond donors (Lipinski definition) is 1. The van der Waals surface area contributed by atoms with Crippen LogP contribution in [0.15, 0.2) is 35.8 Å². The maximum absolute atomic E-state index is 5.92. The van der Waals surface area contributed by atoms with E-state index in [1.165, 1.54) is 11.1 Å². The molecule has 98 valence electrons. The second-order valence-electron chi connectivity index (χ2n) is 5.74. The molecule has 0 fully saturated rings. The number of benzene rings is 1. The number of nitrogens with zero attached hydrogens (tertiary/aromatic N) is 2. The van der Waals surface area contributed by atoms with E-state index in [9.17, 15) is 0 Å². The first-order chi connectivity index (χ1) is 8.97. The number of imidazole rings is 1. The van der Waals surface area contributed by atoms with E-state index in [0.717, 1.165) is 10.5 Å². The molecule has 0 amide bonds. The molecule has 0 saturated carbocycles. The zero-order valence-corrected chi connectivity index (χ0v) is 12.2. The number of hydrogen-bond acceptors (Lipinski definition) is 3. The van der Waals surface area contributed by atoms with Crippen LogP contribution in [-0.2, 0) is 5.41 Å². The smallest absolute Gasteiger partial charge is 0.206 e. The minimum Gasteiger partial charge on any atom is -0.369 e. The number of fused-ring (bicyclic) bond motifs is 1. The van der Waals surface area contributed by atoms with E-state index in [2.05, 4.69) is 55.4 Å². The second kappa shape index (κ2) is 4.10. The van der Waals surface area contributed by atoms with Crippen LogP contribution in [0, 0.1) is 0 Å². The van der Waals surface area contributed by atoms with Gasteiger partial charge in [-0.25, -0.2) is 4.98 Å². The number of aromatic nitrogens is 2. The van der Waals surface area contributed by atoms with Crippen molar-refractivity contribution in [3.05, 3.63) is 41.4 Å². The van der Waals surface area contributed by atoms with E-state index < -0.39 is 0 Å². The summed E-state index contributed by atoms with van der Waals surface area (Å²) in [4.78, 5) is 5.23. The van der Waals surface area contributed by atoms with Gasteiger partial charge in [0.05, 0.1) is 11.9 Å². The Hall–Kier alpha value is -1.81. The van der Waals surface area contributed by atoms with Crippen molar-refractivity contribution in [1.82, 2.24) is 9.38 Å². The summed E-state index contributed by atoms with van der Waals surface area (Å²) in [5, 5.41) is 2.12. The average Bonchev–Trinajstić information content (AvgIpc) is 2.92. The van der Waals surface area contributed by atoms with Crippen LogP contribution in [-0.4, -0.2) is 9.38 Å². The third-order valence-electron chi connectivity index (χ3n) is 3.34. The molecule has 2 aromatic heterocycles. The number of thiazole rings is 1. The molecule has 0 spiro atoms. The predicted molar refractivity (Wildman–Crippen MR) is 81.6 cm³/mol. The summed E-state index contributed by atoms with van der Waals surface area (Å²) >= 11 is 1.66. The van der Waals surface area contributed by atoms with Crippen LogP contribution < -0.4 is 5.73 Å². The van der Waals surface area contributed by atoms with Gasteiger partial charge in [-0.15, -0.1) is 11.3 Å². The van der Waals surface area contributed by atoms with Crippen LogP contribution in [0.25, 0.3) is 16.1 Å². The van der Waals surface area contributed by atoms with E-state index in [-0.39, 0.29) is 5.41 Å². The maximum atomic E-state index is 5.92. The lowest BCUT2D eigenvalue weighted by Gasteiger charge is -2.19. The molecule has 3 aromatic rings. The first-order valence-electron chi connectivity index (χ1n) is 6.28. The van der Waals surface area contributed by atoms with E-state index in [0.29, 0.717) is 5.95 Å². The first-order valence-corrected chi connectivity index (χ1v) is 7.16. The van der Waals surface area contributed by atoms with Gasteiger partial charge >= 0.3 is 0 Å². The quantitative estimate of drug-likeness (QED) is 0.728. The molecule has 0 aliphatic carbocycles. The SMILES string of the molecule is CC(C)(C)c1ccc(-c2csc3cnc(N)n23)cc1. The van der Waals surface area contributed by atoms with E-state index in [4.69, 9.17) is 5.73 Å². The lowest BCUT2D eigenvalue weighted by molar-refractivity contribution is 0.590. The van der Waals surface area contributed by atoms with Gasteiger partial charge in [0.2, 0.25) is 5.95 Å². The Kier molecular flexibility index (Phi) is 2.64. The second-order valence-corrected chi connectivity index (χ2v) is 6.63. The molecule has 0 aliphatic heterocycles. The Morgan fingerprint density at radius 2 is 1.84 bits per heavy atom. The highest BCUT2D eigenvalue weighted by molar-refractivity contribution is 7.16. The normalized spacial score (nSPS) is 12.2. The lowest BCUT2D eigenvalue weighted by Crippen LogP contribution is -2.10. The molecule has 2 N–H and O–H groups in total. The molecule has 0 unspecified atom stereocenters. The van der Waals surface area contributed by atoms with Crippen LogP contribution >= 0.6 is 11.3 Å². The van der Waals surface area contributed by atoms with Gasteiger partial charge in [-0.1, -0.05) is 45.0 Å². The molecule has 2 heterocycles. The van der Waals surface area contributed by atoms with E-state index >= 15 is 0 Å². The molecule has 3 nitrogen and oxygen atoms in total. The summed E-state index contributed by atoms with van der Waals surface area (Å²) < 4.78 is 2.00. The minimum absolute atomic E-state index is 0.177. The summed E-state index contributed by atoms with van der Waals surface area (Å²) in [7, 11) is 0. The highest BCUT2D eigenvalue weighted by Crippen LogP contribution is 2.30. The summed E-state index contributed by atoms with van der Waals surface area (Å²) in [6.07, 6.45) is 1.81. The molecule has 0 bridgehead atoms. The summed E-state index contributed by atoms with van der Waals surface area (Å²) in [5.74, 6) is 0.547. The molecular weight excluding hydrogens is 254 g/mol. The van der Waals surface area contributed by atoms with E-state index in [1.54, 1.807) is 11.3 Å². The largest absolute Gasteiger partial charge is 0.369 e. The highest BCUT2D eigenvalue weighted by Gasteiger charge is 2.14. The zero-order valence-electron chi connectivity index (χ0n) is 11.3. The Bertz CT molecular complexity index is 714. The highest BCUT2D eigenvalue weighted by atomic mass is 32.1. The number of anilines is 1. The maximum Gasteiger partial charge on any atom is 0.206 e. The minimum atomic E-state index is 0.177. The van der Waals surface area contributed by atoms with Gasteiger partial charge in [-0.05, 0) is 16.5 Å². The van der Waals surface area contributed by atoms with Crippen molar-refractivity contribution >= 4 is 22.1 Å². The molecule has 0 atom stereocenters. The Morgan fingerprint density at radius 1 is 1.16 bits per heavy atom. The molecule has 0 saturated heterocycles. The molecule has 0 radical (unpaired) electrons. The van der Waals surface area contributed by atoms with Gasteiger partial charge in [-0.3, -0.25) is 4.40 Å². The van der Waals surface area contributed by atoms with Gasteiger partial charge in [-0.2, -0.15) is 0 Å². The average molecular weight is 271 g/mol. The standard InChI is InChI=1S/C15H17N3S/c1-15(2,3)11-6-4-10(5-7-11)12-9-19-13-8-17-14(16)18(12)13/h4-9H,1-3H3,(H2,16,17). The van der Waals surface area contributed by atoms with Crippen molar-refractivity contribution in [3.63, 3.8) is 0 Å². The molecule has 4 heteroatoms. The fraction of sp³-hybridized carbons (Fsp3) is 0.267. The Morgan fingerprint density at radius 3 is 2.47 bits per heavy atom. The Labute approximate surface area is 116 Å². The zero-order chi connectivity index (χ0) is 13.6. The fourth-order valence-corrected chi connectivity index (χ4v) is 3.07. The Balaban J connectivity index is 2.09. The molecule has 3 rings (SSSR count). The molecule has 1 aromatic carbocycles. The monoisotopic (exact) mass is 271 g/mol. The van der Waals surface area contributed by atoms with Gasteiger partial charge in [0.25, 0.3) is 0 Å². The van der Waals surface area contributed by atoms with E-state index in [1.807, 2.05) is 10.6 Å². The molecular formula is C15H17N3S. The van der Waals surface area contributed by atoms with Crippen LogP contribution in [0.5, 0.6) is 0 Å². The molecule has 19 heavy (non-hydrogen) atoms. The van der Waals surface area contributed by atoms with Gasteiger partial charge in [0, 0.05) is 5.38 Å². The van der Waals surface area contributed by atoms with Crippen molar-refractivity contribution in [2.75, 3.05) is 5.73 Å². The lowest BCUT2D eigenvalue weighted by atomic mass is 9.86. The van der Waals surface area contributed by atoms with Crippen LogP contribution in [0.1, 0.15) is 26.3 Å². The predicted octanol–water partition coefficient (Wildman–Crippen LogP) is 3.94. The van der Waals surface area contributed by atoms with Crippen molar-refractivity contribution in [2.24, 2.45) is 0 Å². The third kappa shape index (κ3) is 2.02. The van der Waals surface area contributed by atoms with Crippen molar-refractivity contribution in [2.45, 2.75) is 26.2 Å². The van der Waals surface area contributed by atoms with Gasteiger partial charge in [0.15, 0.2) is 0 Å². The van der Waals surface area contributed by atoms with Gasteiger partial charge in [0.1, 0.15) is 4.83 Å². The fourth-order valence-electron chi connectivity index (χ4n) is 2.18. The van der Waals surface area contributed by atoms with Crippen molar-refractivity contribution < 1.29 is 0 Å². The van der Waals surface area contributed by atoms with Crippen LogP contribution in [0.2, 0.25) is 0 Å². The number of nitrogens with two attached hydrogens (primary N) is 1. The number of rotatable bonds is 1. The summed E-state index contributed by atoms with van der Waals surface area (Å²) in [6.45, 7) is 6.66. The van der Waals surface area contributed by atoms with Crippen molar-refractivity contribution in [3.8, 4) is 11.3 Å². The van der Waals surface area contributed by atoms with Gasteiger partial charge < -0.3 is 5.73 Å². The number of nitrogen functional groups attached to an aromatic ring is 1. The van der Waals surface area contributed by atoms with Crippen LogP contribution in [0.3, 0.4) is 0 Å². The summed E-state index contributed by atoms with van der Waals surface area (Å²) in [5.41, 5.74) is 9.71. The topological polar surface area (TPSA) is 43.3 Å².